The van der Waals surface area contributed by atoms with Gasteiger partial charge in [-0.1, -0.05) is 72.1 Å². The van der Waals surface area contributed by atoms with Gasteiger partial charge in [-0.25, -0.2) is 0 Å². The molecule has 1 saturated heterocycles. The number of rotatable bonds is 13. The van der Waals surface area contributed by atoms with Crippen molar-refractivity contribution in [1.82, 2.24) is 0 Å². The van der Waals surface area contributed by atoms with Crippen LogP contribution in [0.3, 0.4) is 0 Å². The van der Waals surface area contributed by atoms with Crippen LogP contribution in [0.5, 0.6) is 0 Å². The summed E-state index contributed by atoms with van der Waals surface area (Å²) in [4.78, 5) is 0. The van der Waals surface area contributed by atoms with Gasteiger partial charge in [-0.2, -0.15) is 0 Å². The molecule has 0 aromatic carbocycles. The molecule has 5 nitrogen and oxygen atoms in total. The predicted octanol–water partition coefficient (Wildman–Crippen LogP) is 3.39. The lowest BCUT2D eigenvalue weighted by atomic mass is 9.89. The number of aliphatic hydroxyl groups is 3. The van der Waals surface area contributed by atoms with Crippen LogP contribution >= 0.6 is 0 Å². The van der Waals surface area contributed by atoms with Crippen molar-refractivity contribution in [3.63, 3.8) is 0 Å². The van der Waals surface area contributed by atoms with Crippen LogP contribution in [0.4, 0.5) is 0 Å². The van der Waals surface area contributed by atoms with E-state index in [4.69, 9.17) is 14.6 Å². The summed E-state index contributed by atoms with van der Waals surface area (Å²) in [6.45, 7) is 6.82. The fourth-order valence-electron chi connectivity index (χ4n) is 3.13. The number of aliphatic hydroxyl groups excluding tert-OH is 2. The molecular formula is C20H40O5. The van der Waals surface area contributed by atoms with Crippen molar-refractivity contribution >= 4 is 0 Å². The molecule has 0 aromatic rings. The highest BCUT2D eigenvalue weighted by Gasteiger charge is 2.48. The Morgan fingerprint density at radius 2 is 1.48 bits per heavy atom. The average molecular weight is 361 g/mol. The van der Waals surface area contributed by atoms with Gasteiger partial charge in [-0.3, -0.25) is 0 Å². The normalized spacial score (nSPS) is 27.1. The molecule has 1 aliphatic heterocycles. The van der Waals surface area contributed by atoms with Gasteiger partial charge in [-0.05, 0) is 18.3 Å². The molecule has 3 atom stereocenters. The molecule has 1 heterocycles. The van der Waals surface area contributed by atoms with Crippen LogP contribution in [0, 0.1) is 5.41 Å². The van der Waals surface area contributed by atoms with Gasteiger partial charge in [0.15, 0.2) is 6.29 Å². The molecule has 25 heavy (non-hydrogen) atoms. The summed E-state index contributed by atoms with van der Waals surface area (Å²) >= 11 is 0. The maximum atomic E-state index is 9.85. The first-order valence-electron chi connectivity index (χ1n) is 10.0. The first kappa shape index (κ1) is 22.8. The van der Waals surface area contributed by atoms with E-state index in [0.29, 0.717) is 12.0 Å². The molecule has 5 heteroatoms. The summed E-state index contributed by atoms with van der Waals surface area (Å²) in [5.74, 6) is 0. The second-order valence-electron chi connectivity index (χ2n) is 8.75. The highest BCUT2D eigenvalue weighted by Crippen LogP contribution is 2.25. The summed E-state index contributed by atoms with van der Waals surface area (Å²) in [7, 11) is 0. The van der Waals surface area contributed by atoms with Crippen LogP contribution in [-0.2, 0) is 9.47 Å². The number of hydrogen-bond acceptors (Lipinski definition) is 5. The Balaban J connectivity index is 1.87. The van der Waals surface area contributed by atoms with Gasteiger partial charge in [0, 0.05) is 6.61 Å². The highest BCUT2D eigenvalue weighted by atomic mass is 16.7. The lowest BCUT2D eigenvalue weighted by Crippen LogP contribution is -2.47. The average Bonchev–Trinajstić information content (AvgIpc) is 2.84. The Labute approximate surface area is 153 Å². The van der Waals surface area contributed by atoms with Gasteiger partial charge in [0.05, 0.1) is 13.2 Å². The summed E-state index contributed by atoms with van der Waals surface area (Å²) in [5.41, 5.74) is -1.12. The van der Waals surface area contributed by atoms with E-state index in [9.17, 15) is 10.2 Å². The van der Waals surface area contributed by atoms with E-state index >= 15 is 0 Å². The van der Waals surface area contributed by atoms with E-state index in [2.05, 4.69) is 20.8 Å². The molecule has 0 radical (unpaired) electrons. The van der Waals surface area contributed by atoms with Gasteiger partial charge in [-0.15, -0.1) is 0 Å². The van der Waals surface area contributed by atoms with Crippen molar-refractivity contribution in [1.29, 1.82) is 0 Å². The zero-order valence-corrected chi connectivity index (χ0v) is 16.5. The van der Waals surface area contributed by atoms with Crippen molar-refractivity contribution in [2.45, 2.75) is 103 Å². The third-order valence-corrected chi connectivity index (χ3v) is 4.93. The molecule has 1 fully saturated rings. The van der Waals surface area contributed by atoms with E-state index in [1.807, 2.05) is 0 Å². The minimum Gasteiger partial charge on any atom is -0.393 e. The van der Waals surface area contributed by atoms with Crippen LogP contribution < -0.4 is 0 Å². The van der Waals surface area contributed by atoms with Gasteiger partial charge >= 0.3 is 0 Å². The summed E-state index contributed by atoms with van der Waals surface area (Å²) < 4.78 is 10.7. The maximum absolute atomic E-state index is 9.85. The van der Waals surface area contributed by atoms with Crippen molar-refractivity contribution in [2.75, 3.05) is 19.8 Å². The van der Waals surface area contributed by atoms with Crippen molar-refractivity contribution in [3.05, 3.63) is 0 Å². The zero-order chi connectivity index (χ0) is 18.8. The summed E-state index contributed by atoms with van der Waals surface area (Å²) in [6, 6.07) is 0. The van der Waals surface area contributed by atoms with Crippen LogP contribution in [0.25, 0.3) is 0 Å². The summed E-state index contributed by atoms with van der Waals surface area (Å²) in [6.07, 6.45) is 10.5. The molecule has 1 aliphatic rings. The lowest BCUT2D eigenvalue weighted by molar-refractivity contribution is -0.161. The van der Waals surface area contributed by atoms with E-state index < -0.39 is 24.6 Å². The molecule has 0 saturated carbocycles. The molecular weight excluding hydrogens is 320 g/mol. The van der Waals surface area contributed by atoms with Crippen LogP contribution in [0.2, 0.25) is 0 Å². The highest BCUT2D eigenvalue weighted by molar-refractivity contribution is 4.93. The van der Waals surface area contributed by atoms with Crippen LogP contribution in [0.1, 0.15) is 85.0 Å². The molecule has 1 rings (SSSR count). The Kier molecular flexibility index (Phi) is 10.5. The molecule has 0 spiro atoms. The Morgan fingerprint density at radius 1 is 0.960 bits per heavy atom. The van der Waals surface area contributed by atoms with E-state index in [0.717, 1.165) is 12.8 Å². The van der Waals surface area contributed by atoms with Crippen LogP contribution in [-0.4, -0.2) is 53.1 Å². The van der Waals surface area contributed by atoms with Gasteiger partial charge in [0.1, 0.15) is 11.7 Å². The fourth-order valence-corrected chi connectivity index (χ4v) is 3.13. The van der Waals surface area contributed by atoms with Crippen molar-refractivity contribution in [3.8, 4) is 0 Å². The second kappa shape index (κ2) is 11.5. The van der Waals surface area contributed by atoms with E-state index in [-0.39, 0.29) is 6.61 Å². The number of unbranched alkanes of at least 4 members (excludes halogenated alkanes) is 8. The first-order chi connectivity index (χ1) is 11.8. The Bertz CT molecular complexity index is 341. The van der Waals surface area contributed by atoms with Gasteiger partial charge in [0.2, 0.25) is 0 Å². The smallest absolute Gasteiger partial charge is 0.186 e. The lowest BCUT2D eigenvalue weighted by Gasteiger charge is -2.23. The SMILES string of the molecule is CC(C)(C)CCCCCCCCCCCO[C@H]1OCC(O)(CO)C1O. The standard InChI is InChI=1S/C20H40O5/c1-19(2,3)13-11-9-7-5-4-6-8-10-12-14-24-18-17(22)20(23,15-21)16-25-18/h17-18,21-23H,4-16H2,1-3H3/t17?,18-,20?/m0/s1. The molecule has 0 amide bonds. The third-order valence-electron chi connectivity index (χ3n) is 4.93. The largest absolute Gasteiger partial charge is 0.393 e. The van der Waals surface area contributed by atoms with E-state index in [1.54, 1.807) is 0 Å². The molecule has 0 bridgehead atoms. The topological polar surface area (TPSA) is 79.2 Å². The van der Waals surface area contributed by atoms with Gasteiger partial charge in [0.25, 0.3) is 0 Å². The first-order valence-corrected chi connectivity index (χ1v) is 10.0. The molecule has 0 aromatic heterocycles. The second-order valence-corrected chi connectivity index (χ2v) is 8.75. The quantitative estimate of drug-likeness (QED) is 0.439. The molecule has 3 N–H and O–H groups in total. The number of hydrogen-bond donors (Lipinski definition) is 3. The minimum absolute atomic E-state index is 0.0922. The summed E-state index contributed by atoms with van der Waals surface area (Å²) in [5, 5.41) is 28.8. The minimum atomic E-state index is -1.59. The van der Waals surface area contributed by atoms with Crippen molar-refractivity contribution in [2.24, 2.45) is 5.41 Å². The Hall–Kier alpha value is -0.200. The molecule has 2 unspecified atom stereocenters. The molecule has 0 aliphatic carbocycles. The fraction of sp³-hybridized carbons (Fsp3) is 1.00. The zero-order valence-electron chi connectivity index (χ0n) is 16.5. The number of ether oxygens (including phenoxy) is 2. The monoisotopic (exact) mass is 360 g/mol. The Morgan fingerprint density at radius 3 is 1.96 bits per heavy atom. The van der Waals surface area contributed by atoms with Crippen molar-refractivity contribution < 1.29 is 24.8 Å². The molecule has 150 valence electrons. The third kappa shape index (κ3) is 9.34. The van der Waals surface area contributed by atoms with E-state index in [1.165, 1.54) is 51.4 Å². The maximum Gasteiger partial charge on any atom is 0.186 e. The van der Waals surface area contributed by atoms with Crippen LogP contribution in [0.15, 0.2) is 0 Å². The van der Waals surface area contributed by atoms with Gasteiger partial charge < -0.3 is 24.8 Å². The predicted molar refractivity (Wildman–Crippen MR) is 99.4 cm³/mol.